The summed E-state index contributed by atoms with van der Waals surface area (Å²) >= 11 is 0. The zero-order valence-electron chi connectivity index (χ0n) is 15.4. The molecule has 6 nitrogen and oxygen atoms in total. The Balaban J connectivity index is 2.33. The molecule has 1 atom stereocenters. The van der Waals surface area contributed by atoms with Crippen LogP contribution in [0.1, 0.15) is 53.9 Å². The summed E-state index contributed by atoms with van der Waals surface area (Å²) in [5.41, 5.74) is -0.453. The number of likely N-dealkylation sites (tertiary alicyclic amines) is 1. The predicted octanol–water partition coefficient (Wildman–Crippen LogP) is 2.60. The molecule has 0 saturated carbocycles. The summed E-state index contributed by atoms with van der Waals surface area (Å²) < 4.78 is 5.20. The van der Waals surface area contributed by atoms with Gasteiger partial charge in [0.25, 0.3) is 0 Å². The Morgan fingerprint density at radius 2 is 2.09 bits per heavy atom. The third-order valence-corrected chi connectivity index (χ3v) is 3.56. The van der Waals surface area contributed by atoms with Crippen molar-refractivity contribution in [3.8, 4) is 0 Å². The normalized spacial score (nSPS) is 19.4. The molecule has 0 aromatic rings. The summed E-state index contributed by atoms with van der Waals surface area (Å²) in [6.07, 6.45) is 2.97. The molecule has 1 rings (SSSR count). The summed E-state index contributed by atoms with van der Waals surface area (Å²) in [5, 5.41) is 6.13. The SMILES string of the molecule is CCNC(=NCCCNC(=O)OC(C)(C)C)N1CCCC(C)C1. The van der Waals surface area contributed by atoms with Gasteiger partial charge in [0.15, 0.2) is 5.96 Å². The van der Waals surface area contributed by atoms with Crippen molar-refractivity contribution in [3.63, 3.8) is 0 Å². The van der Waals surface area contributed by atoms with Gasteiger partial charge in [0.05, 0.1) is 0 Å². The van der Waals surface area contributed by atoms with E-state index in [0.29, 0.717) is 13.1 Å². The minimum absolute atomic E-state index is 0.363. The molecule has 1 heterocycles. The Kier molecular flexibility index (Phi) is 8.20. The van der Waals surface area contributed by atoms with Crippen LogP contribution in [0, 0.1) is 5.92 Å². The summed E-state index contributed by atoms with van der Waals surface area (Å²) in [6.45, 7) is 14.3. The average Bonchev–Trinajstić information content (AvgIpc) is 2.44. The maximum Gasteiger partial charge on any atom is 0.407 e. The fourth-order valence-electron chi connectivity index (χ4n) is 2.58. The molecule has 0 radical (unpaired) electrons. The van der Waals surface area contributed by atoms with Crippen molar-refractivity contribution in [3.05, 3.63) is 0 Å². The van der Waals surface area contributed by atoms with E-state index in [4.69, 9.17) is 4.74 Å². The van der Waals surface area contributed by atoms with Gasteiger partial charge in [-0.25, -0.2) is 4.79 Å². The quantitative estimate of drug-likeness (QED) is 0.463. The van der Waals surface area contributed by atoms with Gasteiger partial charge in [0.1, 0.15) is 5.60 Å². The first-order valence-electron chi connectivity index (χ1n) is 8.82. The number of hydrogen-bond donors (Lipinski definition) is 2. The lowest BCUT2D eigenvalue weighted by atomic mass is 10.0. The standard InChI is InChI=1S/C17H34N4O2/c1-6-18-15(21-12-7-9-14(2)13-21)19-10-8-11-20-16(22)23-17(3,4)5/h14H,6-13H2,1-5H3,(H,18,19)(H,20,22). The van der Waals surface area contributed by atoms with Crippen LogP contribution < -0.4 is 10.6 Å². The lowest BCUT2D eigenvalue weighted by molar-refractivity contribution is 0.0527. The minimum atomic E-state index is -0.453. The van der Waals surface area contributed by atoms with Gasteiger partial charge < -0.3 is 20.3 Å². The Bertz CT molecular complexity index is 391. The number of nitrogens with zero attached hydrogens (tertiary/aromatic N) is 2. The number of carbonyl (C=O) groups excluding carboxylic acids is 1. The van der Waals surface area contributed by atoms with Crippen LogP contribution in [-0.2, 0) is 4.74 Å². The van der Waals surface area contributed by atoms with Gasteiger partial charge >= 0.3 is 6.09 Å². The third kappa shape index (κ3) is 8.67. The largest absolute Gasteiger partial charge is 0.444 e. The molecule has 0 spiro atoms. The molecule has 0 aliphatic carbocycles. The fraction of sp³-hybridized carbons (Fsp3) is 0.882. The van der Waals surface area contributed by atoms with Gasteiger partial charge in [-0.05, 0) is 52.9 Å². The van der Waals surface area contributed by atoms with Crippen LogP contribution in [0.4, 0.5) is 4.79 Å². The maximum absolute atomic E-state index is 11.6. The van der Waals surface area contributed by atoms with E-state index in [1.54, 1.807) is 0 Å². The fourth-order valence-corrected chi connectivity index (χ4v) is 2.58. The number of rotatable bonds is 5. The number of carbonyl (C=O) groups is 1. The molecule has 0 aromatic heterocycles. The van der Waals surface area contributed by atoms with Crippen molar-refractivity contribution in [1.29, 1.82) is 0 Å². The Morgan fingerprint density at radius 3 is 2.70 bits per heavy atom. The molecule has 1 aliphatic rings. The Hall–Kier alpha value is -1.46. The maximum atomic E-state index is 11.6. The van der Waals surface area contributed by atoms with E-state index in [-0.39, 0.29) is 6.09 Å². The molecule has 1 saturated heterocycles. The van der Waals surface area contributed by atoms with Crippen molar-refractivity contribution in [1.82, 2.24) is 15.5 Å². The van der Waals surface area contributed by atoms with Crippen LogP contribution in [0.25, 0.3) is 0 Å². The summed E-state index contributed by atoms with van der Waals surface area (Å²) in [4.78, 5) is 18.6. The monoisotopic (exact) mass is 326 g/mol. The number of hydrogen-bond acceptors (Lipinski definition) is 3. The molecule has 1 aliphatic heterocycles. The predicted molar refractivity (Wildman–Crippen MR) is 94.8 cm³/mol. The highest BCUT2D eigenvalue weighted by Gasteiger charge is 2.19. The van der Waals surface area contributed by atoms with Gasteiger partial charge in [0, 0.05) is 32.7 Å². The van der Waals surface area contributed by atoms with Crippen LogP contribution in [0.3, 0.4) is 0 Å². The van der Waals surface area contributed by atoms with Gasteiger partial charge in [-0.2, -0.15) is 0 Å². The molecule has 1 fully saturated rings. The van der Waals surface area contributed by atoms with Crippen molar-refractivity contribution in [2.75, 3.05) is 32.7 Å². The second-order valence-corrected chi connectivity index (χ2v) is 7.21. The van der Waals surface area contributed by atoms with Gasteiger partial charge in [-0.1, -0.05) is 6.92 Å². The summed E-state index contributed by atoms with van der Waals surface area (Å²) in [7, 11) is 0. The summed E-state index contributed by atoms with van der Waals surface area (Å²) in [5.74, 6) is 1.72. The van der Waals surface area contributed by atoms with Gasteiger partial charge in [-0.15, -0.1) is 0 Å². The first-order chi connectivity index (χ1) is 10.8. The first kappa shape index (κ1) is 19.6. The zero-order valence-corrected chi connectivity index (χ0v) is 15.4. The molecular formula is C17H34N4O2. The molecule has 2 N–H and O–H groups in total. The Morgan fingerprint density at radius 1 is 1.35 bits per heavy atom. The molecule has 0 aromatic carbocycles. The van der Waals surface area contributed by atoms with Gasteiger partial charge in [-0.3, -0.25) is 4.99 Å². The zero-order chi connectivity index (χ0) is 17.3. The van der Waals surface area contributed by atoms with Crippen LogP contribution in [0.15, 0.2) is 4.99 Å². The van der Waals surface area contributed by atoms with Crippen LogP contribution in [-0.4, -0.2) is 55.3 Å². The smallest absolute Gasteiger partial charge is 0.407 e. The number of piperidine rings is 1. The van der Waals surface area contributed by atoms with E-state index in [1.165, 1.54) is 12.8 Å². The van der Waals surface area contributed by atoms with Crippen LogP contribution >= 0.6 is 0 Å². The van der Waals surface area contributed by atoms with E-state index >= 15 is 0 Å². The van der Waals surface area contributed by atoms with E-state index in [0.717, 1.165) is 37.9 Å². The highest BCUT2D eigenvalue weighted by atomic mass is 16.6. The Labute approximate surface area is 141 Å². The molecule has 1 amide bonds. The lowest BCUT2D eigenvalue weighted by Crippen LogP contribution is -2.46. The first-order valence-corrected chi connectivity index (χ1v) is 8.82. The van der Waals surface area contributed by atoms with E-state index < -0.39 is 5.60 Å². The highest BCUT2D eigenvalue weighted by Crippen LogP contribution is 2.15. The average molecular weight is 326 g/mol. The molecular weight excluding hydrogens is 292 g/mol. The number of nitrogens with one attached hydrogen (secondary N) is 2. The molecule has 23 heavy (non-hydrogen) atoms. The number of guanidine groups is 1. The van der Waals surface area contributed by atoms with Crippen molar-refractivity contribution >= 4 is 12.1 Å². The van der Waals surface area contributed by atoms with Crippen molar-refractivity contribution in [2.24, 2.45) is 10.9 Å². The number of alkyl carbamates (subject to hydrolysis) is 1. The second-order valence-electron chi connectivity index (χ2n) is 7.21. The van der Waals surface area contributed by atoms with E-state index in [9.17, 15) is 4.79 Å². The van der Waals surface area contributed by atoms with Crippen LogP contribution in [0.5, 0.6) is 0 Å². The van der Waals surface area contributed by atoms with E-state index in [2.05, 4.69) is 34.4 Å². The lowest BCUT2D eigenvalue weighted by Gasteiger charge is -2.33. The number of ether oxygens (including phenoxy) is 1. The summed E-state index contributed by atoms with van der Waals surface area (Å²) in [6, 6.07) is 0. The minimum Gasteiger partial charge on any atom is -0.444 e. The molecule has 6 heteroatoms. The third-order valence-electron chi connectivity index (χ3n) is 3.56. The highest BCUT2D eigenvalue weighted by molar-refractivity contribution is 5.80. The van der Waals surface area contributed by atoms with E-state index in [1.807, 2.05) is 20.8 Å². The number of amides is 1. The second kappa shape index (κ2) is 9.63. The van der Waals surface area contributed by atoms with Gasteiger partial charge in [0.2, 0.25) is 0 Å². The van der Waals surface area contributed by atoms with Crippen LogP contribution in [0.2, 0.25) is 0 Å². The van der Waals surface area contributed by atoms with Crippen molar-refractivity contribution in [2.45, 2.75) is 59.5 Å². The molecule has 1 unspecified atom stereocenters. The molecule has 0 bridgehead atoms. The molecule has 134 valence electrons. The topological polar surface area (TPSA) is 66.0 Å². The number of aliphatic imine (C=N–C) groups is 1. The van der Waals surface area contributed by atoms with Crippen molar-refractivity contribution < 1.29 is 9.53 Å².